The lowest BCUT2D eigenvalue weighted by Gasteiger charge is -2.03. The number of benzene rings is 1. The fraction of sp³-hybridized carbons (Fsp3) is 0.100. The summed E-state index contributed by atoms with van der Waals surface area (Å²) in [6.45, 7) is -0.240. The molecule has 0 aliphatic carbocycles. The number of nitrogens with zero attached hydrogens (tertiary/aromatic N) is 1. The highest BCUT2D eigenvalue weighted by Gasteiger charge is 2.06. The highest BCUT2D eigenvalue weighted by atomic mass is 35.5. The van der Waals surface area contributed by atoms with E-state index in [2.05, 4.69) is 4.98 Å². The first-order chi connectivity index (χ1) is 6.72. The van der Waals surface area contributed by atoms with Gasteiger partial charge in [-0.1, -0.05) is 17.7 Å². The molecule has 1 N–H and O–H groups in total. The van der Waals surface area contributed by atoms with Crippen molar-refractivity contribution >= 4 is 22.5 Å². The Bertz CT molecular complexity index is 487. The van der Waals surface area contributed by atoms with Gasteiger partial charge >= 0.3 is 0 Å². The van der Waals surface area contributed by atoms with Crippen molar-refractivity contribution in [2.75, 3.05) is 0 Å². The van der Waals surface area contributed by atoms with Crippen molar-refractivity contribution in [3.8, 4) is 0 Å². The van der Waals surface area contributed by atoms with Gasteiger partial charge < -0.3 is 5.11 Å². The van der Waals surface area contributed by atoms with Gasteiger partial charge in [0.05, 0.1) is 12.1 Å². The second kappa shape index (κ2) is 3.52. The van der Waals surface area contributed by atoms with Crippen LogP contribution >= 0.6 is 11.6 Å². The van der Waals surface area contributed by atoms with Crippen LogP contribution in [0.1, 0.15) is 5.56 Å². The van der Waals surface area contributed by atoms with E-state index in [0.717, 1.165) is 0 Å². The highest BCUT2D eigenvalue weighted by Crippen LogP contribution is 2.22. The maximum Gasteiger partial charge on any atom is 0.135 e. The zero-order valence-corrected chi connectivity index (χ0v) is 7.92. The van der Waals surface area contributed by atoms with Crippen LogP contribution in [0.2, 0.25) is 5.15 Å². The lowest BCUT2D eigenvalue weighted by molar-refractivity contribution is 0.281. The first-order valence-electron chi connectivity index (χ1n) is 4.07. The van der Waals surface area contributed by atoms with E-state index >= 15 is 0 Å². The molecule has 0 saturated heterocycles. The molecular weight excluding hydrogens is 205 g/mol. The maximum absolute atomic E-state index is 13.3. The Kier molecular flexibility index (Phi) is 2.35. The van der Waals surface area contributed by atoms with Crippen LogP contribution in [-0.2, 0) is 6.61 Å². The van der Waals surface area contributed by atoms with Crippen molar-refractivity contribution in [1.29, 1.82) is 0 Å². The molecule has 2 aromatic rings. The van der Waals surface area contributed by atoms with Crippen molar-refractivity contribution < 1.29 is 9.50 Å². The molecule has 72 valence electrons. The number of pyridine rings is 1. The number of hydrogen-bond acceptors (Lipinski definition) is 2. The maximum atomic E-state index is 13.3. The van der Waals surface area contributed by atoms with Crippen LogP contribution in [0.5, 0.6) is 0 Å². The fourth-order valence-electron chi connectivity index (χ4n) is 1.29. The number of hydrogen-bond donors (Lipinski definition) is 1. The van der Waals surface area contributed by atoms with Crippen LogP contribution in [0.4, 0.5) is 4.39 Å². The number of fused-ring (bicyclic) bond motifs is 1. The van der Waals surface area contributed by atoms with Gasteiger partial charge in [-0.3, -0.25) is 0 Å². The van der Waals surface area contributed by atoms with Gasteiger partial charge in [0.25, 0.3) is 0 Å². The second-order valence-corrected chi connectivity index (χ2v) is 3.26. The van der Waals surface area contributed by atoms with Crippen molar-refractivity contribution in [1.82, 2.24) is 4.98 Å². The van der Waals surface area contributed by atoms with E-state index in [1.165, 1.54) is 12.1 Å². The predicted molar refractivity (Wildman–Crippen MR) is 52.6 cm³/mol. The standard InChI is InChI=1S/C10H7ClFNO/c11-10-6(5-14)4-7-8(12)2-1-3-9(7)13-10/h1-4,14H,5H2. The fourth-order valence-corrected chi connectivity index (χ4v) is 1.49. The first-order valence-corrected chi connectivity index (χ1v) is 4.44. The molecule has 2 nitrogen and oxygen atoms in total. The van der Waals surface area contributed by atoms with E-state index in [9.17, 15) is 4.39 Å². The van der Waals surface area contributed by atoms with Crippen molar-refractivity contribution in [3.05, 3.63) is 40.8 Å². The number of aliphatic hydroxyl groups excluding tert-OH is 1. The van der Waals surface area contributed by atoms with Gasteiger partial charge in [-0.05, 0) is 18.2 Å². The third kappa shape index (κ3) is 1.45. The third-order valence-corrected chi connectivity index (χ3v) is 2.33. The molecule has 1 aromatic carbocycles. The molecule has 4 heteroatoms. The lowest BCUT2D eigenvalue weighted by atomic mass is 10.1. The van der Waals surface area contributed by atoms with E-state index in [0.29, 0.717) is 16.5 Å². The Labute approximate surface area is 85.0 Å². The molecule has 0 saturated carbocycles. The van der Waals surface area contributed by atoms with Gasteiger partial charge in [0.15, 0.2) is 0 Å². The molecule has 1 heterocycles. The molecule has 2 rings (SSSR count). The lowest BCUT2D eigenvalue weighted by Crippen LogP contribution is -1.91. The van der Waals surface area contributed by atoms with E-state index in [-0.39, 0.29) is 17.6 Å². The van der Waals surface area contributed by atoms with Gasteiger partial charge in [0.1, 0.15) is 11.0 Å². The molecule has 1 aromatic heterocycles. The molecule has 0 bridgehead atoms. The second-order valence-electron chi connectivity index (χ2n) is 2.90. The van der Waals surface area contributed by atoms with Crippen LogP contribution in [0, 0.1) is 5.82 Å². The molecule has 0 radical (unpaired) electrons. The molecule has 0 aliphatic rings. The van der Waals surface area contributed by atoms with Crippen LogP contribution in [0.25, 0.3) is 10.9 Å². The third-order valence-electron chi connectivity index (χ3n) is 2.00. The van der Waals surface area contributed by atoms with Gasteiger partial charge in [-0.15, -0.1) is 0 Å². The molecular formula is C10H7ClFNO. The first kappa shape index (κ1) is 9.37. The van der Waals surface area contributed by atoms with Crippen molar-refractivity contribution in [2.24, 2.45) is 0 Å². The molecule has 14 heavy (non-hydrogen) atoms. The Balaban J connectivity index is 2.80. The minimum atomic E-state index is -0.360. The minimum Gasteiger partial charge on any atom is -0.392 e. The summed E-state index contributed by atoms with van der Waals surface area (Å²) in [4.78, 5) is 3.97. The Morgan fingerprint density at radius 3 is 2.93 bits per heavy atom. The smallest absolute Gasteiger partial charge is 0.135 e. The van der Waals surface area contributed by atoms with E-state index in [1.807, 2.05) is 0 Å². The van der Waals surface area contributed by atoms with E-state index < -0.39 is 0 Å². The summed E-state index contributed by atoms with van der Waals surface area (Å²) in [6, 6.07) is 6.10. The normalized spacial score (nSPS) is 10.8. The Hall–Kier alpha value is -1.19. The average molecular weight is 212 g/mol. The topological polar surface area (TPSA) is 33.1 Å². The van der Waals surface area contributed by atoms with Crippen LogP contribution in [0.15, 0.2) is 24.3 Å². The van der Waals surface area contributed by atoms with Gasteiger partial charge in [0.2, 0.25) is 0 Å². The number of halogens is 2. The monoisotopic (exact) mass is 211 g/mol. The van der Waals surface area contributed by atoms with Crippen LogP contribution in [-0.4, -0.2) is 10.1 Å². The Morgan fingerprint density at radius 2 is 2.21 bits per heavy atom. The molecule has 0 aliphatic heterocycles. The summed E-state index contributed by atoms with van der Waals surface area (Å²) in [5.74, 6) is -0.360. The highest BCUT2D eigenvalue weighted by molar-refractivity contribution is 6.30. The van der Waals surface area contributed by atoms with Crippen LogP contribution < -0.4 is 0 Å². The van der Waals surface area contributed by atoms with Gasteiger partial charge in [0, 0.05) is 10.9 Å². The summed E-state index contributed by atoms with van der Waals surface area (Å²) < 4.78 is 13.3. The zero-order chi connectivity index (χ0) is 10.1. The van der Waals surface area contributed by atoms with Crippen molar-refractivity contribution in [2.45, 2.75) is 6.61 Å². The summed E-state index contributed by atoms with van der Waals surface area (Å²) in [5.41, 5.74) is 0.927. The summed E-state index contributed by atoms with van der Waals surface area (Å²) in [6.07, 6.45) is 0. The molecule has 0 atom stereocenters. The number of aliphatic hydroxyl groups is 1. The number of rotatable bonds is 1. The van der Waals surface area contributed by atoms with Gasteiger partial charge in [-0.2, -0.15) is 0 Å². The Morgan fingerprint density at radius 1 is 1.43 bits per heavy atom. The molecule has 0 unspecified atom stereocenters. The van der Waals surface area contributed by atoms with E-state index in [4.69, 9.17) is 16.7 Å². The SMILES string of the molecule is OCc1cc2c(F)cccc2nc1Cl. The zero-order valence-electron chi connectivity index (χ0n) is 7.17. The minimum absolute atomic E-state index is 0.214. The molecule has 0 spiro atoms. The summed E-state index contributed by atoms with van der Waals surface area (Å²) >= 11 is 5.76. The average Bonchev–Trinajstić information content (AvgIpc) is 2.17. The number of aromatic nitrogens is 1. The molecule has 0 fully saturated rings. The van der Waals surface area contributed by atoms with E-state index in [1.54, 1.807) is 12.1 Å². The quantitative estimate of drug-likeness (QED) is 0.736. The van der Waals surface area contributed by atoms with Gasteiger partial charge in [-0.25, -0.2) is 9.37 Å². The predicted octanol–water partition coefficient (Wildman–Crippen LogP) is 2.52. The summed E-state index contributed by atoms with van der Waals surface area (Å²) in [5, 5.41) is 9.51. The van der Waals surface area contributed by atoms with Crippen LogP contribution in [0.3, 0.4) is 0 Å². The summed E-state index contributed by atoms with van der Waals surface area (Å²) in [7, 11) is 0. The molecule has 0 amide bonds. The van der Waals surface area contributed by atoms with Crippen molar-refractivity contribution in [3.63, 3.8) is 0 Å². The largest absolute Gasteiger partial charge is 0.392 e.